The van der Waals surface area contributed by atoms with Crippen molar-refractivity contribution in [3.05, 3.63) is 59.7 Å². The minimum absolute atomic E-state index is 0.104. The molecule has 0 N–H and O–H groups in total. The Hall–Kier alpha value is -2.38. The molecule has 2 aromatic carbocycles. The summed E-state index contributed by atoms with van der Waals surface area (Å²) >= 11 is 1.41. The topological polar surface area (TPSA) is 36.4 Å². The summed E-state index contributed by atoms with van der Waals surface area (Å²) < 4.78 is 27.9. The first-order chi connectivity index (χ1) is 13.0. The van der Waals surface area contributed by atoms with E-state index >= 15 is 0 Å². The summed E-state index contributed by atoms with van der Waals surface area (Å²) in [6.45, 7) is 6.93. The first-order valence-corrected chi connectivity index (χ1v) is 9.70. The normalized spacial score (nSPS) is 11.3. The highest BCUT2D eigenvalue weighted by Crippen LogP contribution is 2.29. The number of thiazole rings is 1. The fourth-order valence-electron chi connectivity index (χ4n) is 2.83. The Bertz CT molecular complexity index is 907. The maximum Gasteiger partial charge on any atom is 0.260 e. The van der Waals surface area contributed by atoms with Gasteiger partial charge in [-0.1, -0.05) is 37.3 Å². The maximum absolute atomic E-state index is 13.6. The largest absolute Gasteiger partial charge is 0.302 e. The van der Waals surface area contributed by atoms with Crippen LogP contribution < -0.4 is 4.90 Å². The number of hydrogen-bond donors (Lipinski definition) is 0. The Labute approximate surface area is 161 Å². The van der Waals surface area contributed by atoms with Gasteiger partial charge in [-0.2, -0.15) is 0 Å². The van der Waals surface area contributed by atoms with Gasteiger partial charge in [-0.05, 0) is 43.4 Å². The molecule has 0 aliphatic carbocycles. The van der Waals surface area contributed by atoms with Crippen LogP contribution in [0.2, 0.25) is 0 Å². The molecule has 0 saturated carbocycles. The van der Waals surface area contributed by atoms with Crippen LogP contribution in [0, 0.1) is 11.6 Å². The standard InChI is InChI=1S/C20H21F2N3OS/c1-3-24(4-2)11-12-25(19(26)14-9-10-15(21)16(22)13-14)20-23-17-7-5-6-8-18(17)27-20/h5-10,13H,3-4,11-12H2,1-2H3. The van der Waals surface area contributed by atoms with Gasteiger partial charge in [0.15, 0.2) is 16.8 Å². The van der Waals surface area contributed by atoms with Crippen molar-refractivity contribution in [2.45, 2.75) is 13.8 Å². The van der Waals surface area contributed by atoms with Crippen molar-refractivity contribution >= 4 is 32.6 Å². The van der Waals surface area contributed by atoms with Gasteiger partial charge in [0.2, 0.25) is 0 Å². The number of hydrogen-bond acceptors (Lipinski definition) is 4. The van der Waals surface area contributed by atoms with Crippen molar-refractivity contribution in [1.29, 1.82) is 0 Å². The van der Waals surface area contributed by atoms with Gasteiger partial charge in [0, 0.05) is 18.7 Å². The molecule has 1 heterocycles. The van der Waals surface area contributed by atoms with Crippen LogP contribution in [0.1, 0.15) is 24.2 Å². The van der Waals surface area contributed by atoms with Crippen LogP contribution in [0.4, 0.5) is 13.9 Å². The van der Waals surface area contributed by atoms with Crippen molar-refractivity contribution in [2.24, 2.45) is 0 Å². The van der Waals surface area contributed by atoms with Crippen molar-refractivity contribution in [3.63, 3.8) is 0 Å². The van der Waals surface area contributed by atoms with Crippen LogP contribution in [-0.4, -0.2) is 42.0 Å². The third-order valence-electron chi connectivity index (χ3n) is 4.46. The summed E-state index contributed by atoms with van der Waals surface area (Å²) in [5.74, 6) is -2.39. The predicted molar refractivity (Wildman–Crippen MR) is 105 cm³/mol. The van der Waals surface area contributed by atoms with E-state index in [9.17, 15) is 13.6 Å². The molecule has 0 bridgehead atoms. The summed E-state index contributed by atoms with van der Waals surface area (Å²) in [6, 6.07) is 10.9. The number of para-hydroxylation sites is 1. The zero-order valence-electron chi connectivity index (χ0n) is 15.3. The van der Waals surface area contributed by atoms with Gasteiger partial charge >= 0.3 is 0 Å². The summed E-state index contributed by atoms with van der Waals surface area (Å²) in [5.41, 5.74) is 0.913. The molecular formula is C20H21F2N3OS. The highest BCUT2D eigenvalue weighted by atomic mass is 32.1. The molecule has 142 valence electrons. The molecule has 1 aromatic heterocycles. The van der Waals surface area contributed by atoms with Crippen LogP contribution >= 0.6 is 11.3 Å². The number of anilines is 1. The molecule has 4 nitrogen and oxygen atoms in total. The van der Waals surface area contributed by atoms with E-state index < -0.39 is 11.6 Å². The number of fused-ring (bicyclic) bond motifs is 1. The zero-order chi connectivity index (χ0) is 19.4. The molecule has 0 fully saturated rings. The molecule has 0 atom stereocenters. The smallest absolute Gasteiger partial charge is 0.260 e. The van der Waals surface area contributed by atoms with Crippen LogP contribution in [0.25, 0.3) is 10.2 Å². The number of carbonyl (C=O) groups is 1. The lowest BCUT2D eigenvalue weighted by Gasteiger charge is -2.24. The van der Waals surface area contributed by atoms with E-state index in [1.54, 1.807) is 4.90 Å². The second-order valence-corrected chi connectivity index (χ2v) is 7.09. The van der Waals surface area contributed by atoms with E-state index in [2.05, 4.69) is 23.7 Å². The van der Waals surface area contributed by atoms with Crippen LogP contribution in [0.15, 0.2) is 42.5 Å². The lowest BCUT2D eigenvalue weighted by atomic mass is 10.2. The third kappa shape index (κ3) is 4.31. The second-order valence-electron chi connectivity index (χ2n) is 6.08. The van der Waals surface area contributed by atoms with E-state index in [0.29, 0.717) is 18.2 Å². The van der Waals surface area contributed by atoms with E-state index in [0.717, 1.165) is 35.4 Å². The highest BCUT2D eigenvalue weighted by Gasteiger charge is 2.22. The molecule has 1 amide bonds. The first-order valence-electron chi connectivity index (χ1n) is 8.88. The number of carbonyl (C=O) groups excluding carboxylic acids is 1. The predicted octanol–water partition coefficient (Wildman–Crippen LogP) is 4.56. The Kier molecular flexibility index (Phi) is 6.13. The fraction of sp³-hybridized carbons (Fsp3) is 0.300. The third-order valence-corrected chi connectivity index (χ3v) is 5.52. The van der Waals surface area contributed by atoms with Gasteiger partial charge in [0.1, 0.15) is 0 Å². The lowest BCUT2D eigenvalue weighted by Crippen LogP contribution is -2.39. The van der Waals surface area contributed by atoms with Crippen LogP contribution in [0.5, 0.6) is 0 Å². The number of amides is 1. The molecule has 0 spiro atoms. The average Bonchev–Trinajstić information content (AvgIpc) is 3.11. The SMILES string of the molecule is CCN(CC)CCN(C(=O)c1ccc(F)c(F)c1)c1nc2ccccc2s1. The second kappa shape index (κ2) is 8.54. The number of nitrogens with zero attached hydrogens (tertiary/aromatic N) is 3. The molecule has 3 aromatic rings. The summed E-state index contributed by atoms with van der Waals surface area (Å²) in [6.07, 6.45) is 0. The maximum atomic E-state index is 13.6. The summed E-state index contributed by atoms with van der Waals surface area (Å²) in [7, 11) is 0. The van der Waals surface area contributed by atoms with Gasteiger partial charge in [-0.25, -0.2) is 13.8 Å². The van der Waals surface area contributed by atoms with Crippen molar-refractivity contribution in [2.75, 3.05) is 31.1 Å². The summed E-state index contributed by atoms with van der Waals surface area (Å²) in [4.78, 5) is 21.4. The molecule has 0 aliphatic heterocycles. The lowest BCUT2D eigenvalue weighted by molar-refractivity contribution is 0.0983. The number of likely N-dealkylation sites (N-methyl/N-ethyl adjacent to an activating group) is 1. The number of benzene rings is 2. The van der Waals surface area contributed by atoms with Gasteiger partial charge in [-0.3, -0.25) is 9.69 Å². The molecule has 0 unspecified atom stereocenters. The van der Waals surface area contributed by atoms with Gasteiger partial charge in [-0.15, -0.1) is 0 Å². The van der Waals surface area contributed by atoms with Crippen molar-refractivity contribution < 1.29 is 13.6 Å². The molecule has 3 rings (SSSR count). The van der Waals surface area contributed by atoms with Crippen LogP contribution in [-0.2, 0) is 0 Å². The number of aromatic nitrogens is 1. The Balaban J connectivity index is 1.95. The molecule has 0 saturated heterocycles. The highest BCUT2D eigenvalue weighted by molar-refractivity contribution is 7.22. The Morgan fingerprint density at radius 1 is 1.04 bits per heavy atom. The van der Waals surface area contributed by atoms with Crippen LogP contribution in [0.3, 0.4) is 0 Å². The van der Waals surface area contributed by atoms with Gasteiger partial charge in [0.05, 0.1) is 10.2 Å². The number of halogens is 2. The monoisotopic (exact) mass is 389 g/mol. The average molecular weight is 389 g/mol. The Morgan fingerprint density at radius 3 is 2.44 bits per heavy atom. The quantitative estimate of drug-likeness (QED) is 0.594. The van der Waals surface area contributed by atoms with E-state index in [1.165, 1.54) is 17.4 Å². The fourth-order valence-corrected chi connectivity index (χ4v) is 3.82. The summed E-state index contributed by atoms with van der Waals surface area (Å²) in [5, 5.41) is 0.554. The minimum Gasteiger partial charge on any atom is -0.302 e. The van der Waals surface area contributed by atoms with E-state index in [4.69, 9.17) is 0 Å². The van der Waals surface area contributed by atoms with Crippen molar-refractivity contribution in [1.82, 2.24) is 9.88 Å². The minimum atomic E-state index is -1.03. The number of rotatable bonds is 7. The Morgan fingerprint density at radius 2 is 1.78 bits per heavy atom. The molecule has 0 aliphatic rings. The zero-order valence-corrected chi connectivity index (χ0v) is 16.1. The van der Waals surface area contributed by atoms with E-state index in [1.807, 2.05) is 24.3 Å². The van der Waals surface area contributed by atoms with E-state index in [-0.39, 0.29) is 11.5 Å². The van der Waals surface area contributed by atoms with Gasteiger partial charge in [0.25, 0.3) is 5.91 Å². The first kappa shape index (κ1) is 19.4. The van der Waals surface area contributed by atoms with Crippen molar-refractivity contribution in [3.8, 4) is 0 Å². The molecular weight excluding hydrogens is 368 g/mol. The molecule has 0 radical (unpaired) electrons. The van der Waals surface area contributed by atoms with Gasteiger partial charge < -0.3 is 4.90 Å². The molecule has 27 heavy (non-hydrogen) atoms. The molecule has 7 heteroatoms.